The number of carbonyl (C=O) groups excluding carboxylic acids is 1. The molecule has 118 valence electrons. The van der Waals surface area contributed by atoms with Crippen LogP contribution in [-0.2, 0) is 9.53 Å². The highest BCUT2D eigenvalue weighted by atomic mass is 79.9. The van der Waals surface area contributed by atoms with Gasteiger partial charge in [0.1, 0.15) is 0 Å². The number of hydrogen-bond acceptors (Lipinski definition) is 6. The summed E-state index contributed by atoms with van der Waals surface area (Å²) in [6.45, 7) is 0. The quantitative estimate of drug-likeness (QED) is 0.584. The molecule has 1 aromatic heterocycles. The van der Waals surface area contributed by atoms with E-state index in [-0.39, 0.29) is 11.6 Å². The van der Waals surface area contributed by atoms with Gasteiger partial charge in [0.15, 0.2) is 17.2 Å². The molecule has 0 N–H and O–H groups in total. The van der Waals surface area contributed by atoms with Gasteiger partial charge in [-0.15, -0.1) is 11.3 Å². The Morgan fingerprint density at radius 1 is 1.22 bits per heavy atom. The molecule has 0 spiro atoms. The van der Waals surface area contributed by atoms with Crippen molar-refractivity contribution in [2.75, 3.05) is 14.2 Å². The largest absolute Gasteiger partial charge is 0.493 e. The molecule has 0 saturated carbocycles. The monoisotopic (exact) mass is 393 g/mol. The van der Waals surface area contributed by atoms with Crippen LogP contribution in [0.3, 0.4) is 0 Å². The number of cyclic esters (lactones) is 1. The van der Waals surface area contributed by atoms with Crippen LogP contribution in [0.4, 0.5) is 0 Å². The van der Waals surface area contributed by atoms with Crippen molar-refractivity contribution in [1.82, 2.24) is 0 Å². The van der Waals surface area contributed by atoms with Gasteiger partial charge in [-0.2, -0.15) is 0 Å². The molecular weight excluding hydrogens is 382 g/mol. The minimum absolute atomic E-state index is 0.248. The van der Waals surface area contributed by atoms with E-state index in [2.05, 4.69) is 20.9 Å². The Bertz CT molecular complexity index is 825. The molecule has 7 heteroatoms. The molecule has 1 aliphatic rings. The number of rotatable bonds is 4. The van der Waals surface area contributed by atoms with Gasteiger partial charge in [-0.05, 0) is 46.3 Å². The van der Waals surface area contributed by atoms with Gasteiger partial charge < -0.3 is 14.2 Å². The minimum atomic E-state index is -0.473. The van der Waals surface area contributed by atoms with Crippen LogP contribution in [0.2, 0.25) is 0 Å². The first-order valence-corrected chi connectivity index (χ1v) is 8.27. The van der Waals surface area contributed by atoms with Gasteiger partial charge in [-0.3, -0.25) is 0 Å². The van der Waals surface area contributed by atoms with E-state index in [9.17, 15) is 4.79 Å². The maximum absolute atomic E-state index is 12.0. The fourth-order valence-electron chi connectivity index (χ4n) is 2.04. The zero-order valence-corrected chi connectivity index (χ0v) is 14.7. The highest BCUT2D eigenvalue weighted by Gasteiger charge is 2.25. The lowest BCUT2D eigenvalue weighted by molar-refractivity contribution is -0.129. The number of carbonyl (C=O) groups is 1. The predicted octanol–water partition coefficient (Wildman–Crippen LogP) is 3.87. The summed E-state index contributed by atoms with van der Waals surface area (Å²) in [6, 6.07) is 7.13. The van der Waals surface area contributed by atoms with Crippen molar-refractivity contribution in [2.45, 2.75) is 0 Å². The molecule has 1 aromatic carbocycles. The third kappa shape index (κ3) is 3.30. The SMILES string of the molecule is COc1ccc(C2=NC(=Cc3cc(Br)cs3)C(=O)O2)cc1OC. The molecule has 23 heavy (non-hydrogen) atoms. The summed E-state index contributed by atoms with van der Waals surface area (Å²) in [7, 11) is 3.11. The molecule has 0 atom stereocenters. The van der Waals surface area contributed by atoms with Crippen LogP contribution in [-0.4, -0.2) is 26.1 Å². The van der Waals surface area contributed by atoms with Crippen LogP contribution in [0.15, 0.2) is 44.8 Å². The van der Waals surface area contributed by atoms with Gasteiger partial charge >= 0.3 is 5.97 Å². The Hall–Kier alpha value is -2.12. The van der Waals surface area contributed by atoms with E-state index >= 15 is 0 Å². The van der Waals surface area contributed by atoms with Gasteiger partial charge in [-0.25, -0.2) is 9.79 Å². The summed E-state index contributed by atoms with van der Waals surface area (Å²) < 4.78 is 16.7. The van der Waals surface area contributed by atoms with Crippen LogP contribution in [0, 0.1) is 0 Å². The zero-order valence-electron chi connectivity index (χ0n) is 12.3. The lowest BCUT2D eigenvalue weighted by Crippen LogP contribution is -2.05. The molecule has 1 aliphatic heterocycles. The molecule has 0 fully saturated rings. The Morgan fingerprint density at radius 3 is 2.65 bits per heavy atom. The molecule has 0 bridgehead atoms. The number of aliphatic imine (C=N–C) groups is 1. The van der Waals surface area contributed by atoms with Crippen molar-refractivity contribution >= 4 is 45.2 Å². The van der Waals surface area contributed by atoms with Gasteiger partial charge in [0.05, 0.1) is 14.2 Å². The molecule has 2 heterocycles. The second-order valence-corrected chi connectivity index (χ2v) is 6.43. The summed E-state index contributed by atoms with van der Waals surface area (Å²) in [5.74, 6) is 0.917. The number of halogens is 1. The molecule has 0 saturated heterocycles. The number of nitrogens with zero attached hydrogens (tertiary/aromatic N) is 1. The van der Waals surface area contributed by atoms with Gasteiger partial charge in [0.25, 0.3) is 0 Å². The summed E-state index contributed by atoms with van der Waals surface area (Å²) in [5, 5.41) is 1.94. The van der Waals surface area contributed by atoms with Crippen molar-refractivity contribution in [3.8, 4) is 11.5 Å². The fraction of sp³-hybridized carbons (Fsp3) is 0.125. The number of hydrogen-bond donors (Lipinski definition) is 0. The van der Waals surface area contributed by atoms with Gasteiger partial charge in [0, 0.05) is 20.3 Å². The molecule has 0 unspecified atom stereocenters. The van der Waals surface area contributed by atoms with Gasteiger partial charge in [-0.1, -0.05) is 0 Å². The molecule has 5 nitrogen and oxygen atoms in total. The average Bonchev–Trinajstić information content (AvgIpc) is 3.13. The van der Waals surface area contributed by atoms with Crippen LogP contribution in [0.1, 0.15) is 10.4 Å². The van der Waals surface area contributed by atoms with E-state index < -0.39 is 5.97 Å². The van der Waals surface area contributed by atoms with Crippen molar-refractivity contribution in [1.29, 1.82) is 0 Å². The Morgan fingerprint density at radius 2 is 2.00 bits per heavy atom. The third-order valence-electron chi connectivity index (χ3n) is 3.12. The Labute approximate surface area is 145 Å². The van der Waals surface area contributed by atoms with E-state index in [1.807, 2.05) is 11.4 Å². The first kappa shape index (κ1) is 15.8. The van der Waals surface area contributed by atoms with E-state index in [0.717, 1.165) is 9.35 Å². The van der Waals surface area contributed by atoms with E-state index in [4.69, 9.17) is 14.2 Å². The average molecular weight is 394 g/mol. The first-order chi connectivity index (χ1) is 11.1. The van der Waals surface area contributed by atoms with E-state index in [0.29, 0.717) is 17.1 Å². The molecular formula is C16H12BrNO4S. The van der Waals surface area contributed by atoms with Crippen molar-refractivity contribution < 1.29 is 19.0 Å². The maximum atomic E-state index is 12.0. The second kappa shape index (κ2) is 6.55. The molecule has 0 radical (unpaired) electrons. The summed E-state index contributed by atoms with van der Waals surface area (Å²) >= 11 is 4.89. The molecule has 0 aliphatic carbocycles. The van der Waals surface area contributed by atoms with E-state index in [1.165, 1.54) is 11.3 Å². The van der Waals surface area contributed by atoms with Crippen LogP contribution in [0.25, 0.3) is 6.08 Å². The van der Waals surface area contributed by atoms with E-state index in [1.54, 1.807) is 38.5 Å². The first-order valence-electron chi connectivity index (χ1n) is 6.59. The normalized spacial score (nSPS) is 15.5. The highest BCUT2D eigenvalue weighted by molar-refractivity contribution is 9.10. The lowest BCUT2D eigenvalue weighted by atomic mass is 10.2. The zero-order chi connectivity index (χ0) is 16.4. The van der Waals surface area contributed by atoms with Crippen molar-refractivity contribution in [3.05, 3.63) is 50.3 Å². The third-order valence-corrected chi connectivity index (χ3v) is 4.76. The molecule has 0 amide bonds. The number of thiophene rings is 1. The number of ether oxygens (including phenoxy) is 3. The van der Waals surface area contributed by atoms with Crippen LogP contribution >= 0.6 is 27.3 Å². The lowest BCUT2D eigenvalue weighted by Gasteiger charge is -2.08. The smallest absolute Gasteiger partial charge is 0.363 e. The highest BCUT2D eigenvalue weighted by Crippen LogP contribution is 2.30. The summed E-state index contributed by atoms with van der Waals surface area (Å²) in [6.07, 6.45) is 1.70. The number of esters is 1. The standard InChI is InChI=1S/C16H12BrNO4S/c1-20-13-4-3-9(5-14(13)21-2)15-18-12(16(19)22-15)7-11-6-10(17)8-23-11/h3-8H,1-2H3. The van der Waals surface area contributed by atoms with Crippen molar-refractivity contribution in [3.63, 3.8) is 0 Å². The summed E-state index contributed by atoms with van der Waals surface area (Å²) in [5.41, 5.74) is 0.913. The number of benzene rings is 1. The Kier molecular flexibility index (Phi) is 4.49. The fourth-order valence-corrected chi connectivity index (χ4v) is 3.41. The predicted molar refractivity (Wildman–Crippen MR) is 92.2 cm³/mol. The number of methoxy groups -OCH3 is 2. The summed E-state index contributed by atoms with van der Waals surface area (Å²) in [4.78, 5) is 17.2. The second-order valence-electron chi connectivity index (χ2n) is 4.57. The maximum Gasteiger partial charge on any atom is 0.363 e. The topological polar surface area (TPSA) is 57.1 Å². The molecule has 2 aromatic rings. The van der Waals surface area contributed by atoms with Crippen molar-refractivity contribution in [2.24, 2.45) is 4.99 Å². The minimum Gasteiger partial charge on any atom is -0.493 e. The van der Waals surface area contributed by atoms with Gasteiger partial charge in [0.2, 0.25) is 5.90 Å². The molecule has 3 rings (SSSR count). The van der Waals surface area contributed by atoms with Crippen LogP contribution < -0.4 is 9.47 Å². The van der Waals surface area contributed by atoms with Crippen LogP contribution in [0.5, 0.6) is 11.5 Å². The Balaban J connectivity index is 1.93.